The van der Waals surface area contributed by atoms with E-state index in [1.807, 2.05) is 0 Å². The van der Waals surface area contributed by atoms with Crippen molar-refractivity contribution in [2.75, 3.05) is 0 Å². The number of halogens is 7. The van der Waals surface area contributed by atoms with Gasteiger partial charge in [0.05, 0.1) is 0 Å². The molecule has 3 rings (SSSR count). The van der Waals surface area contributed by atoms with Crippen molar-refractivity contribution in [3.8, 4) is 0 Å². The summed E-state index contributed by atoms with van der Waals surface area (Å²) < 4.78 is 109. The first kappa shape index (κ1) is 21.0. The molecule has 1 heterocycles. The first-order chi connectivity index (χ1) is 12.8. The van der Waals surface area contributed by atoms with E-state index in [0.29, 0.717) is 0 Å². The molecule has 28 heavy (non-hydrogen) atoms. The van der Waals surface area contributed by atoms with Crippen LogP contribution in [0.1, 0.15) is 11.1 Å². The summed E-state index contributed by atoms with van der Waals surface area (Å²) in [5.74, 6) is 0. The average molecular weight is 463 g/mol. The number of hydrogen-bond donors (Lipinski definition) is 0. The largest absolute Gasteiger partial charge is 0.523 e. The van der Waals surface area contributed by atoms with E-state index in [-0.39, 0.29) is 16.1 Å². The van der Waals surface area contributed by atoms with Gasteiger partial charge in [-0.1, -0.05) is 48.0 Å². The summed E-state index contributed by atoms with van der Waals surface area (Å²) in [7, 11) is -11.7. The molecule has 1 aliphatic rings. The van der Waals surface area contributed by atoms with E-state index in [1.54, 1.807) is 0 Å². The van der Waals surface area contributed by atoms with Gasteiger partial charge in [-0.25, -0.2) is 0 Å². The zero-order valence-corrected chi connectivity index (χ0v) is 15.8. The smallest absolute Gasteiger partial charge is 0.196 e. The molecule has 0 radical (unpaired) electrons. The lowest BCUT2D eigenvalue weighted by molar-refractivity contribution is -0.0543. The molecular weight excluding hydrogens is 454 g/mol. The number of rotatable bonds is 3. The van der Waals surface area contributed by atoms with Crippen molar-refractivity contribution in [2.24, 2.45) is 0 Å². The lowest BCUT2D eigenvalue weighted by Gasteiger charge is -2.39. The second-order valence-corrected chi connectivity index (χ2v) is 10.3. The zero-order chi connectivity index (χ0) is 21.0. The van der Waals surface area contributed by atoms with E-state index >= 15 is 0 Å². The van der Waals surface area contributed by atoms with Crippen molar-refractivity contribution >= 4 is 43.0 Å². The fourth-order valence-corrected chi connectivity index (χ4v) is 7.45. The maximum Gasteiger partial charge on any atom is 0.523 e. The molecule has 0 spiro atoms. The number of benzene rings is 2. The van der Waals surface area contributed by atoms with Gasteiger partial charge in [-0.3, -0.25) is 0 Å². The predicted molar refractivity (Wildman–Crippen MR) is 93.7 cm³/mol. The normalized spacial score (nSPS) is 22.3. The van der Waals surface area contributed by atoms with Gasteiger partial charge < -0.3 is 0 Å². The summed E-state index contributed by atoms with van der Waals surface area (Å²) in [5.41, 5.74) is -11.9. The molecule has 1 unspecified atom stereocenters. The second kappa shape index (κ2) is 6.68. The van der Waals surface area contributed by atoms with Gasteiger partial charge in [-0.2, -0.15) is 38.4 Å². The van der Waals surface area contributed by atoms with Gasteiger partial charge in [0.25, 0.3) is 0 Å². The van der Waals surface area contributed by atoms with Gasteiger partial charge in [0, 0.05) is 30.7 Å². The van der Waals surface area contributed by atoms with E-state index < -0.39 is 41.2 Å². The van der Waals surface area contributed by atoms with Gasteiger partial charge in [-0.15, -0.1) is 0 Å². The number of fused-ring (bicyclic) bond motifs is 1. The molecule has 0 fully saturated rings. The van der Waals surface area contributed by atoms with Crippen LogP contribution < -0.4 is 0 Å². The van der Waals surface area contributed by atoms with Gasteiger partial charge in [0.2, 0.25) is 0 Å². The van der Waals surface area contributed by atoms with Gasteiger partial charge in [-0.05, 0) is 23.8 Å². The van der Waals surface area contributed by atoms with Crippen LogP contribution in [-0.4, -0.2) is 19.4 Å². The van der Waals surface area contributed by atoms with E-state index in [2.05, 4.69) is 3.63 Å². The Bertz CT molecular complexity index is 1060. The third kappa shape index (κ3) is 3.19. The Morgan fingerprint density at radius 3 is 2.04 bits per heavy atom. The molecule has 1 aliphatic heterocycles. The Hall–Kier alpha value is -1.69. The van der Waals surface area contributed by atoms with Crippen molar-refractivity contribution in [3.05, 3.63) is 64.7 Å². The van der Waals surface area contributed by atoms with Crippen LogP contribution in [0.5, 0.6) is 0 Å². The van der Waals surface area contributed by atoms with Crippen molar-refractivity contribution in [3.63, 3.8) is 0 Å². The van der Waals surface area contributed by atoms with Crippen LogP contribution in [-0.2, 0) is 13.7 Å². The minimum absolute atomic E-state index is 0.109. The average Bonchev–Trinajstić information content (AvgIpc) is 2.89. The predicted octanol–water partition coefficient (Wildman–Crippen LogP) is 6.32. The molecule has 12 heteroatoms. The Kier molecular flexibility index (Phi) is 5.02. The highest BCUT2D eigenvalue weighted by Gasteiger charge is 2.64. The summed E-state index contributed by atoms with van der Waals surface area (Å²) in [5, 5.41) is -0.198. The van der Waals surface area contributed by atoms with Crippen molar-refractivity contribution < 1.29 is 38.4 Å². The van der Waals surface area contributed by atoms with Crippen LogP contribution in [0.25, 0.3) is 11.0 Å². The molecule has 2 aromatic carbocycles. The molecular formula is C16H9ClF6O3S2. The van der Waals surface area contributed by atoms with Crippen molar-refractivity contribution in [1.29, 1.82) is 0 Å². The minimum atomic E-state index is -6.59. The van der Waals surface area contributed by atoms with Crippen LogP contribution in [0, 0.1) is 0 Å². The van der Waals surface area contributed by atoms with E-state index in [1.165, 1.54) is 30.3 Å². The summed E-state index contributed by atoms with van der Waals surface area (Å²) in [6.07, 6.45) is 0.950. The van der Waals surface area contributed by atoms with Gasteiger partial charge in [0.15, 0.2) is 0 Å². The molecule has 0 aliphatic carbocycles. The highest BCUT2D eigenvalue weighted by Crippen LogP contribution is 2.80. The SMILES string of the molecule is O=S(=O)(OS1(C(F)(F)F)C(c2ccccc2Cl)=Cc2ccccc21)C(F)(F)F. The molecule has 0 saturated heterocycles. The van der Waals surface area contributed by atoms with E-state index in [9.17, 15) is 34.8 Å². The van der Waals surface area contributed by atoms with Crippen LogP contribution in [0.2, 0.25) is 5.02 Å². The molecule has 1 atom stereocenters. The van der Waals surface area contributed by atoms with E-state index in [0.717, 1.165) is 24.3 Å². The van der Waals surface area contributed by atoms with Gasteiger partial charge in [0.1, 0.15) is 0 Å². The molecule has 2 aromatic rings. The maximum absolute atomic E-state index is 14.3. The molecule has 0 N–H and O–H groups in total. The first-order valence-corrected chi connectivity index (χ1v) is 10.6. The monoisotopic (exact) mass is 462 g/mol. The molecule has 0 amide bonds. The van der Waals surface area contributed by atoms with Crippen LogP contribution in [0.15, 0.2) is 53.4 Å². The topological polar surface area (TPSA) is 43.4 Å². The summed E-state index contributed by atoms with van der Waals surface area (Å²) in [6, 6.07) is 9.75. The number of alkyl halides is 6. The van der Waals surface area contributed by atoms with Crippen molar-refractivity contribution in [1.82, 2.24) is 0 Å². The standard InChI is InChI=1S/C16H9ClF6O3S2/c17-12-7-3-2-6-11(12)14-9-10-5-1-4-8-13(10)27(14,15(18,19)20)26-28(24,25)16(21,22)23/h1-9H. The lowest BCUT2D eigenvalue weighted by Crippen LogP contribution is -2.32. The summed E-state index contributed by atoms with van der Waals surface area (Å²) in [4.78, 5) is -1.48. The lowest BCUT2D eigenvalue weighted by atomic mass is 10.1. The zero-order valence-electron chi connectivity index (χ0n) is 13.4. The van der Waals surface area contributed by atoms with E-state index in [4.69, 9.17) is 11.6 Å². The van der Waals surface area contributed by atoms with Crippen LogP contribution in [0.3, 0.4) is 0 Å². The molecule has 0 saturated carbocycles. The molecule has 0 aromatic heterocycles. The quantitative estimate of drug-likeness (QED) is 0.396. The second-order valence-electron chi connectivity index (χ2n) is 5.50. The molecule has 0 bridgehead atoms. The Morgan fingerprint density at radius 2 is 1.46 bits per heavy atom. The van der Waals surface area contributed by atoms with Crippen molar-refractivity contribution in [2.45, 2.75) is 15.9 Å². The Labute approximate surface area is 162 Å². The third-order valence-corrected chi connectivity index (χ3v) is 8.80. The Balaban J connectivity index is 2.38. The fraction of sp³-hybridized carbons (Fsp3) is 0.125. The van der Waals surface area contributed by atoms with Crippen LogP contribution >= 0.6 is 21.9 Å². The van der Waals surface area contributed by atoms with Crippen LogP contribution in [0.4, 0.5) is 26.3 Å². The highest BCUT2D eigenvalue weighted by molar-refractivity contribution is 8.41. The van der Waals surface area contributed by atoms with Gasteiger partial charge >= 0.3 is 21.1 Å². The number of hydrogen-bond acceptors (Lipinski definition) is 3. The third-order valence-electron chi connectivity index (χ3n) is 3.77. The minimum Gasteiger partial charge on any atom is -0.196 e. The summed E-state index contributed by atoms with van der Waals surface area (Å²) in [6.45, 7) is 0. The molecule has 3 nitrogen and oxygen atoms in total. The maximum atomic E-state index is 14.3. The Morgan fingerprint density at radius 1 is 0.893 bits per heavy atom. The summed E-state index contributed by atoms with van der Waals surface area (Å²) >= 11 is 5.96. The first-order valence-electron chi connectivity index (χ1n) is 7.29. The fourth-order valence-electron chi connectivity index (χ4n) is 2.63. The highest BCUT2D eigenvalue weighted by atomic mass is 35.5. The molecule has 152 valence electrons.